The summed E-state index contributed by atoms with van der Waals surface area (Å²) in [6.07, 6.45) is 0. The molecule has 0 unspecified atom stereocenters. The molecule has 0 spiro atoms. The van der Waals surface area contributed by atoms with Crippen molar-refractivity contribution in [2.75, 3.05) is 25.4 Å². The van der Waals surface area contributed by atoms with Crippen LogP contribution in [0.5, 0.6) is 5.88 Å². The van der Waals surface area contributed by atoms with Crippen molar-refractivity contribution >= 4 is 11.8 Å². The molecule has 0 saturated carbocycles. The van der Waals surface area contributed by atoms with Gasteiger partial charge < -0.3 is 15.0 Å². The molecule has 3 N–H and O–H groups in total. The van der Waals surface area contributed by atoms with E-state index in [1.165, 1.54) is 16.7 Å². The van der Waals surface area contributed by atoms with E-state index < -0.39 is 0 Å². The number of nitrogens with one attached hydrogen (secondary N) is 2. The van der Waals surface area contributed by atoms with Crippen LogP contribution in [0, 0.1) is 0 Å². The summed E-state index contributed by atoms with van der Waals surface area (Å²) in [4.78, 5) is 20.6. The summed E-state index contributed by atoms with van der Waals surface area (Å²) < 4.78 is 0. The van der Waals surface area contributed by atoms with E-state index in [2.05, 4.69) is 23.8 Å². The number of rotatable bonds is 7. The second-order valence-corrected chi connectivity index (χ2v) is 6.07. The highest BCUT2D eigenvalue weighted by molar-refractivity contribution is 7.99. The Balaban J connectivity index is 2.12. The number of thioether (sulfide) groups is 1. The van der Waals surface area contributed by atoms with Crippen LogP contribution in [0.4, 0.5) is 0 Å². The van der Waals surface area contributed by atoms with Gasteiger partial charge in [0.2, 0.25) is 5.88 Å². The molecule has 0 radical (unpaired) electrons. The molecule has 1 aromatic heterocycles. The molecule has 0 amide bonds. The average molecular weight is 320 g/mol. The maximum absolute atomic E-state index is 12.2. The summed E-state index contributed by atoms with van der Waals surface area (Å²) in [5.41, 5.74) is 0.577. The van der Waals surface area contributed by atoms with Gasteiger partial charge >= 0.3 is 0 Å². The molecule has 0 fully saturated rings. The number of nitrogens with zero attached hydrogens (tertiary/aromatic N) is 1. The Hall–Kier alpha value is -1.79. The summed E-state index contributed by atoms with van der Waals surface area (Å²) in [5, 5.41) is 10.5. The lowest BCUT2D eigenvalue weighted by Gasteiger charge is -2.14. The van der Waals surface area contributed by atoms with E-state index in [4.69, 9.17) is 0 Å². The Morgan fingerprint density at radius 3 is 2.50 bits per heavy atom. The molecule has 22 heavy (non-hydrogen) atoms. The fraction of sp³-hybridized carbons (Fsp3) is 0.375. The van der Waals surface area contributed by atoms with Crippen LogP contribution >= 0.6 is 11.8 Å². The summed E-state index contributed by atoms with van der Waals surface area (Å²) in [6, 6.07) is 9.07. The largest absolute Gasteiger partial charge is 0.493 e. The summed E-state index contributed by atoms with van der Waals surface area (Å²) >= 11 is 1.46. The van der Waals surface area contributed by atoms with E-state index in [9.17, 15) is 9.90 Å². The molecule has 0 bridgehead atoms. The fourth-order valence-electron chi connectivity index (χ4n) is 2.27. The first-order valence-electron chi connectivity index (χ1n) is 7.50. The quantitative estimate of drug-likeness (QED) is 0.529. The van der Waals surface area contributed by atoms with Crippen LogP contribution in [0.3, 0.4) is 0 Å². The van der Waals surface area contributed by atoms with Crippen LogP contribution in [0.15, 0.2) is 40.3 Å². The molecular weight excluding hydrogens is 298 g/mol. The molecule has 0 aliphatic carbocycles. The van der Waals surface area contributed by atoms with Gasteiger partial charge in [-0.1, -0.05) is 42.1 Å². The minimum absolute atomic E-state index is 0.215. The second-order valence-electron chi connectivity index (χ2n) is 4.99. The second kappa shape index (κ2) is 8.00. The monoisotopic (exact) mass is 320 g/mol. The molecule has 6 heteroatoms. The van der Waals surface area contributed by atoms with Gasteiger partial charge in [-0.05, 0) is 19.4 Å². The van der Waals surface area contributed by atoms with Crippen molar-refractivity contribution < 1.29 is 10.0 Å². The first-order chi connectivity index (χ1) is 10.7. The Bertz CT molecular complexity index is 654. The summed E-state index contributed by atoms with van der Waals surface area (Å²) in [6.45, 7) is 7.48. The number of aromatic hydroxyl groups is 1. The minimum Gasteiger partial charge on any atom is -0.493 e. The normalized spacial score (nSPS) is 11.0. The van der Waals surface area contributed by atoms with Gasteiger partial charge in [0.25, 0.3) is 5.56 Å². The number of aromatic amines is 1. The lowest BCUT2D eigenvalue weighted by molar-refractivity contribution is -0.893. The van der Waals surface area contributed by atoms with Crippen LogP contribution in [0.1, 0.15) is 13.8 Å². The Morgan fingerprint density at radius 1 is 1.23 bits per heavy atom. The van der Waals surface area contributed by atoms with E-state index in [1.54, 1.807) is 12.1 Å². The lowest BCUT2D eigenvalue weighted by atomic mass is 10.1. The minimum atomic E-state index is -0.309. The van der Waals surface area contributed by atoms with Crippen LogP contribution in [0.25, 0.3) is 11.1 Å². The van der Waals surface area contributed by atoms with Crippen molar-refractivity contribution in [3.8, 4) is 17.0 Å². The number of hydrogen-bond donors (Lipinski definition) is 3. The van der Waals surface area contributed by atoms with Crippen LogP contribution in [-0.4, -0.2) is 40.5 Å². The van der Waals surface area contributed by atoms with E-state index >= 15 is 0 Å². The smallest absolute Gasteiger partial charge is 0.263 e. The highest BCUT2D eigenvalue weighted by Gasteiger charge is 2.13. The fourth-order valence-corrected chi connectivity index (χ4v) is 3.17. The summed E-state index contributed by atoms with van der Waals surface area (Å²) in [5.74, 6) is 0.636. The van der Waals surface area contributed by atoms with E-state index in [0.29, 0.717) is 10.7 Å². The molecule has 2 aromatic rings. The zero-order valence-electron chi connectivity index (χ0n) is 12.9. The molecule has 0 aliphatic heterocycles. The van der Waals surface area contributed by atoms with Crippen molar-refractivity contribution in [1.82, 2.24) is 9.97 Å². The third-order valence-corrected chi connectivity index (χ3v) is 4.51. The third kappa shape index (κ3) is 4.11. The molecule has 1 heterocycles. The zero-order chi connectivity index (χ0) is 15.9. The highest BCUT2D eigenvalue weighted by Crippen LogP contribution is 2.24. The van der Waals surface area contributed by atoms with Gasteiger partial charge in [-0.25, -0.2) is 0 Å². The van der Waals surface area contributed by atoms with Crippen LogP contribution < -0.4 is 10.5 Å². The van der Waals surface area contributed by atoms with Crippen molar-refractivity contribution in [3.05, 3.63) is 40.7 Å². The van der Waals surface area contributed by atoms with E-state index in [0.717, 1.165) is 25.4 Å². The Labute approximate surface area is 134 Å². The predicted octanol–water partition coefficient (Wildman–Crippen LogP) is 1.16. The van der Waals surface area contributed by atoms with Gasteiger partial charge in [0, 0.05) is 0 Å². The Morgan fingerprint density at radius 2 is 1.91 bits per heavy atom. The van der Waals surface area contributed by atoms with E-state index in [-0.39, 0.29) is 17.0 Å². The van der Waals surface area contributed by atoms with E-state index in [1.807, 2.05) is 18.2 Å². The van der Waals surface area contributed by atoms with Crippen molar-refractivity contribution in [2.45, 2.75) is 19.0 Å². The number of hydrogen-bond acceptors (Lipinski definition) is 4. The molecule has 1 aromatic carbocycles. The first kappa shape index (κ1) is 16.6. The number of aromatic nitrogens is 2. The molecule has 0 saturated heterocycles. The topological polar surface area (TPSA) is 70.4 Å². The van der Waals surface area contributed by atoms with Gasteiger partial charge in [-0.2, -0.15) is 4.98 Å². The molecular formula is C16H22N3O2S+. The number of H-pyrrole nitrogens is 1. The van der Waals surface area contributed by atoms with Crippen LogP contribution in [-0.2, 0) is 0 Å². The van der Waals surface area contributed by atoms with Gasteiger partial charge in [-0.3, -0.25) is 4.79 Å². The average Bonchev–Trinajstić information content (AvgIpc) is 2.52. The summed E-state index contributed by atoms with van der Waals surface area (Å²) in [7, 11) is 0. The van der Waals surface area contributed by atoms with Crippen LogP contribution in [0.2, 0.25) is 0 Å². The van der Waals surface area contributed by atoms with Gasteiger partial charge in [0.1, 0.15) is 5.56 Å². The predicted molar refractivity (Wildman–Crippen MR) is 89.6 cm³/mol. The van der Waals surface area contributed by atoms with Gasteiger partial charge in [0.05, 0.1) is 25.4 Å². The first-order valence-corrected chi connectivity index (χ1v) is 8.49. The lowest BCUT2D eigenvalue weighted by Crippen LogP contribution is -3.11. The van der Waals surface area contributed by atoms with Crippen molar-refractivity contribution in [1.29, 1.82) is 0 Å². The van der Waals surface area contributed by atoms with Crippen molar-refractivity contribution in [2.24, 2.45) is 0 Å². The zero-order valence-corrected chi connectivity index (χ0v) is 13.7. The molecule has 2 rings (SSSR count). The maximum atomic E-state index is 12.2. The molecule has 118 valence electrons. The molecule has 0 atom stereocenters. The number of benzene rings is 1. The molecule has 0 aliphatic rings. The third-order valence-electron chi connectivity index (χ3n) is 3.64. The van der Waals surface area contributed by atoms with Crippen molar-refractivity contribution in [3.63, 3.8) is 0 Å². The standard InChI is InChI=1S/C16H21N3O2S/c1-3-19(4-2)10-11-22-16-17-14(20)13(15(21)18-16)12-8-6-5-7-9-12/h5-9H,3-4,10-11H2,1-2H3,(H2,17,18,20,21)/p+1. The molecule has 5 nitrogen and oxygen atoms in total. The Kier molecular flexibility index (Phi) is 6.03. The maximum Gasteiger partial charge on any atom is 0.263 e. The number of quaternary nitrogens is 1. The van der Waals surface area contributed by atoms with Gasteiger partial charge in [0.15, 0.2) is 5.16 Å². The van der Waals surface area contributed by atoms with Gasteiger partial charge in [-0.15, -0.1) is 0 Å². The SMILES string of the molecule is CC[NH+](CC)CCSc1nc(O)c(-c2ccccc2)c(=O)[nH]1. The highest BCUT2D eigenvalue weighted by atomic mass is 32.2.